The van der Waals surface area contributed by atoms with Crippen molar-refractivity contribution in [1.29, 1.82) is 0 Å². The molecule has 3 aromatic rings. The number of thiophene rings is 1. The van der Waals surface area contributed by atoms with Gasteiger partial charge >= 0.3 is 0 Å². The van der Waals surface area contributed by atoms with Crippen molar-refractivity contribution in [2.75, 3.05) is 6.61 Å². The van der Waals surface area contributed by atoms with Crippen LogP contribution >= 0.6 is 22.9 Å². The molecule has 0 atom stereocenters. The quantitative estimate of drug-likeness (QED) is 0.478. The number of nitrogens with one attached hydrogen (secondary N) is 1. The first-order valence-electron chi connectivity index (χ1n) is 9.02. The third-order valence-corrected chi connectivity index (χ3v) is 5.20. The van der Waals surface area contributed by atoms with Crippen molar-refractivity contribution in [3.8, 4) is 11.5 Å². The predicted octanol–water partition coefficient (Wildman–Crippen LogP) is 5.98. The minimum atomic E-state index is 0.456. The van der Waals surface area contributed by atoms with E-state index in [0.29, 0.717) is 29.7 Å². The molecule has 0 amide bonds. The van der Waals surface area contributed by atoms with Crippen LogP contribution < -0.4 is 14.8 Å². The van der Waals surface area contributed by atoms with Crippen LogP contribution in [0.4, 0.5) is 0 Å². The van der Waals surface area contributed by atoms with Crippen LogP contribution in [0.5, 0.6) is 11.5 Å². The van der Waals surface area contributed by atoms with Gasteiger partial charge in [-0.25, -0.2) is 0 Å². The minimum absolute atomic E-state index is 0.456. The smallest absolute Gasteiger partial charge is 0.180 e. The standard InChI is InChI=1S/C22H24ClNO2S/c1-3-25-21-12-18(13-24-14-19-8-5-9-27-19)11-20(23)22(21)26-15-17-7-4-6-16(2)10-17/h4-12,24H,3,13-15H2,1-2H3. The second kappa shape index (κ2) is 9.79. The molecular formula is C22H24ClNO2S. The lowest BCUT2D eigenvalue weighted by atomic mass is 10.1. The maximum absolute atomic E-state index is 6.52. The Kier molecular flexibility index (Phi) is 7.16. The SMILES string of the molecule is CCOc1cc(CNCc2cccs2)cc(Cl)c1OCc1cccc(C)c1. The van der Waals surface area contributed by atoms with Crippen molar-refractivity contribution < 1.29 is 9.47 Å². The van der Waals surface area contributed by atoms with Crippen molar-refractivity contribution in [2.24, 2.45) is 0 Å². The number of halogens is 1. The van der Waals surface area contributed by atoms with Gasteiger partial charge in [-0.05, 0) is 48.6 Å². The molecule has 0 aliphatic carbocycles. The number of hydrogen-bond donors (Lipinski definition) is 1. The fourth-order valence-corrected chi connectivity index (χ4v) is 3.79. The summed E-state index contributed by atoms with van der Waals surface area (Å²) in [6.45, 7) is 6.60. The highest BCUT2D eigenvalue weighted by atomic mass is 35.5. The molecule has 0 saturated carbocycles. The molecule has 1 aromatic heterocycles. The predicted molar refractivity (Wildman–Crippen MR) is 113 cm³/mol. The summed E-state index contributed by atoms with van der Waals surface area (Å²) in [5, 5.41) is 6.10. The zero-order valence-corrected chi connectivity index (χ0v) is 17.2. The van der Waals surface area contributed by atoms with Gasteiger partial charge in [-0.15, -0.1) is 11.3 Å². The maximum Gasteiger partial charge on any atom is 0.180 e. The van der Waals surface area contributed by atoms with E-state index in [2.05, 4.69) is 41.9 Å². The molecule has 27 heavy (non-hydrogen) atoms. The molecule has 0 bridgehead atoms. The number of benzene rings is 2. The molecule has 142 valence electrons. The van der Waals surface area contributed by atoms with E-state index >= 15 is 0 Å². The summed E-state index contributed by atoms with van der Waals surface area (Å²) >= 11 is 8.26. The molecule has 1 N–H and O–H groups in total. The van der Waals surface area contributed by atoms with E-state index in [1.54, 1.807) is 11.3 Å². The molecular weight excluding hydrogens is 378 g/mol. The van der Waals surface area contributed by atoms with Gasteiger partial charge in [0.25, 0.3) is 0 Å². The van der Waals surface area contributed by atoms with Crippen molar-refractivity contribution in [3.05, 3.63) is 80.5 Å². The van der Waals surface area contributed by atoms with E-state index < -0.39 is 0 Å². The summed E-state index contributed by atoms with van der Waals surface area (Å²) < 4.78 is 11.8. The Hall–Kier alpha value is -2.01. The number of ether oxygens (including phenoxy) is 2. The van der Waals surface area contributed by atoms with Crippen LogP contribution in [-0.4, -0.2) is 6.61 Å². The molecule has 5 heteroatoms. The summed E-state index contributed by atoms with van der Waals surface area (Å²) in [5.41, 5.74) is 3.39. The van der Waals surface area contributed by atoms with Crippen molar-refractivity contribution in [3.63, 3.8) is 0 Å². The van der Waals surface area contributed by atoms with Crippen LogP contribution in [-0.2, 0) is 19.7 Å². The average Bonchev–Trinajstić information content (AvgIpc) is 3.15. The van der Waals surface area contributed by atoms with Gasteiger partial charge in [0.05, 0.1) is 11.6 Å². The van der Waals surface area contributed by atoms with E-state index in [4.69, 9.17) is 21.1 Å². The largest absolute Gasteiger partial charge is 0.490 e. The van der Waals surface area contributed by atoms with Crippen molar-refractivity contribution in [2.45, 2.75) is 33.5 Å². The second-order valence-corrected chi connectivity index (χ2v) is 7.74. The Labute approximate surface area is 169 Å². The molecule has 0 radical (unpaired) electrons. The Morgan fingerprint density at radius 1 is 1.00 bits per heavy atom. The lowest BCUT2D eigenvalue weighted by Crippen LogP contribution is -2.12. The van der Waals surface area contributed by atoms with Crippen LogP contribution in [0.1, 0.15) is 28.5 Å². The molecule has 0 spiro atoms. The van der Waals surface area contributed by atoms with Gasteiger partial charge in [-0.2, -0.15) is 0 Å². The molecule has 3 rings (SSSR count). The fraction of sp³-hybridized carbons (Fsp3) is 0.273. The number of rotatable bonds is 9. The summed E-state index contributed by atoms with van der Waals surface area (Å²) in [6, 6.07) is 16.4. The summed E-state index contributed by atoms with van der Waals surface area (Å²) in [6.07, 6.45) is 0. The average molecular weight is 402 g/mol. The van der Waals surface area contributed by atoms with Gasteiger partial charge in [0.2, 0.25) is 0 Å². The first kappa shape index (κ1) is 19.7. The van der Waals surface area contributed by atoms with Gasteiger partial charge < -0.3 is 14.8 Å². The second-order valence-electron chi connectivity index (χ2n) is 6.30. The van der Waals surface area contributed by atoms with Crippen molar-refractivity contribution >= 4 is 22.9 Å². The molecule has 0 aliphatic rings. The molecule has 0 aliphatic heterocycles. The third kappa shape index (κ3) is 5.73. The van der Waals surface area contributed by atoms with E-state index in [-0.39, 0.29) is 0 Å². The Balaban J connectivity index is 1.69. The first-order valence-corrected chi connectivity index (χ1v) is 10.3. The van der Waals surface area contributed by atoms with Gasteiger partial charge in [-0.3, -0.25) is 0 Å². The van der Waals surface area contributed by atoms with Gasteiger partial charge in [0, 0.05) is 18.0 Å². The zero-order chi connectivity index (χ0) is 19.1. The van der Waals surface area contributed by atoms with Crippen LogP contribution in [0.25, 0.3) is 0 Å². The normalized spacial score (nSPS) is 10.8. The molecule has 0 unspecified atom stereocenters. The Morgan fingerprint density at radius 3 is 2.63 bits per heavy atom. The first-order chi connectivity index (χ1) is 13.2. The van der Waals surface area contributed by atoms with Crippen LogP contribution in [0.3, 0.4) is 0 Å². The van der Waals surface area contributed by atoms with Gasteiger partial charge in [0.1, 0.15) is 6.61 Å². The Morgan fingerprint density at radius 2 is 1.89 bits per heavy atom. The summed E-state index contributed by atoms with van der Waals surface area (Å²) in [4.78, 5) is 1.31. The minimum Gasteiger partial charge on any atom is -0.490 e. The van der Waals surface area contributed by atoms with E-state index in [1.165, 1.54) is 10.4 Å². The molecule has 2 aromatic carbocycles. The highest BCUT2D eigenvalue weighted by Crippen LogP contribution is 2.37. The number of hydrogen-bond acceptors (Lipinski definition) is 4. The van der Waals surface area contributed by atoms with Crippen LogP contribution in [0, 0.1) is 6.92 Å². The number of aryl methyl sites for hydroxylation is 1. The van der Waals surface area contributed by atoms with Crippen LogP contribution in [0.15, 0.2) is 53.9 Å². The van der Waals surface area contributed by atoms with Gasteiger partial charge in [-0.1, -0.05) is 47.5 Å². The highest BCUT2D eigenvalue weighted by molar-refractivity contribution is 7.09. The monoisotopic (exact) mass is 401 g/mol. The van der Waals surface area contributed by atoms with E-state index in [9.17, 15) is 0 Å². The molecule has 3 nitrogen and oxygen atoms in total. The summed E-state index contributed by atoms with van der Waals surface area (Å²) in [7, 11) is 0. The molecule has 0 saturated heterocycles. The summed E-state index contributed by atoms with van der Waals surface area (Å²) in [5.74, 6) is 1.28. The van der Waals surface area contributed by atoms with Crippen molar-refractivity contribution in [1.82, 2.24) is 5.32 Å². The lowest BCUT2D eigenvalue weighted by molar-refractivity contribution is 0.269. The zero-order valence-electron chi connectivity index (χ0n) is 15.6. The molecule has 1 heterocycles. The topological polar surface area (TPSA) is 30.5 Å². The van der Waals surface area contributed by atoms with E-state index in [1.807, 2.05) is 31.2 Å². The lowest BCUT2D eigenvalue weighted by Gasteiger charge is -2.16. The molecule has 0 fully saturated rings. The van der Waals surface area contributed by atoms with Gasteiger partial charge in [0.15, 0.2) is 11.5 Å². The highest BCUT2D eigenvalue weighted by Gasteiger charge is 2.13. The fourth-order valence-electron chi connectivity index (χ4n) is 2.83. The maximum atomic E-state index is 6.52. The van der Waals surface area contributed by atoms with E-state index in [0.717, 1.165) is 24.2 Å². The van der Waals surface area contributed by atoms with Crippen LogP contribution in [0.2, 0.25) is 5.02 Å². The third-order valence-electron chi connectivity index (χ3n) is 4.04. The Bertz CT molecular complexity index is 865.